The molecule has 0 saturated heterocycles. The molecule has 0 unspecified atom stereocenters. The quantitative estimate of drug-likeness (QED) is 0.443. The van der Waals surface area contributed by atoms with Crippen LogP contribution in [0.15, 0.2) is 86.5 Å². The average molecular weight is 440 g/mol. The topological polar surface area (TPSA) is 34.1 Å². The Kier molecular flexibility index (Phi) is 7.98. The van der Waals surface area contributed by atoms with Crippen molar-refractivity contribution in [3.8, 4) is 0 Å². The van der Waals surface area contributed by atoms with Gasteiger partial charge in [-0.1, -0.05) is 0 Å². The first-order valence-electron chi connectivity index (χ1n) is 8.13. The van der Waals surface area contributed by atoms with Gasteiger partial charge in [0.2, 0.25) is 0 Å². The van der Waals surface area contributed by atoms with E-state index in [1.165, 1.54) is 15.0 Å². The first-order valence-corrected chi connectivity index (χ1v) is 11.7. The molecule has 0 N–H and O–H groups in total. The van der Waals surface area contributed by atoms with E-state index in [1.807, 2.05) is 24.3 Å². The van der Waals surface area contributed by atoms with Crippen molar-refractivity contribution in [3.63, 3.8) is 0 Å². The van der Waals surface area contributed by atoms with Crippen LogP contribution in [0.5, 0.6) is 0 Å². The van der Waals surface area contributed by atoms with Crippen LogP contribution in [0.2, 0.25) is 0 Å². The fraction of sp³-hybridized carbons (Fsp3) is 0.200. The number of rotatable bonds is 8. The number of hydrogen-bond donors (Lipinski definition) is 0. The van der Waals surface area contributed by atoms with Gasteiger partial charge in [0.1, 0.15) is 0 Å². The number of allylic oxidation sites excluding steroid dienone is 3. The zero-order valence-electron chi connectivity index (χ0n) is 14.1. The molecule has 5 heteroatoms. The molecule has 0 aromatic heterocycles. The Morgan fingerprint density at radius 2 is 1.60 bits per heavy atom. The Morgan fingerprint density at radius 3 is 2.20 bits per heavy atom. The zero-order valence-corrected chi connectivity index (χ0v) is 17.3. The summed E-state index contributed by atoms with van der Waals surface area (Å²) in [4.78, 5) is 0.216. The summed E-state index contributed by atoms with van der Waals surface area (Å²) >= 11 is 6.29. The van der Waals surface area contributed by atoms with Crippen LogP contribution in [0, 0.1) is 0 Å². The third-order valence-corrected chi connectivity index (χ3v) is 8.09. The maximum absolute atomic E-state index is 12.5. The fourth-order valence-corrected chi connectivity index (χ4v) is 5.49. The van der Waals surface area contributed by atoms with E-state index in [1.54, 1.807) is 30.3 Å². The van der Waals surface area contributed by atoms with Gasteiger partial charge in [-0.15, -0.1) is 0 Å². The number of sulfone groups is 1. The number of halogens is 1. The van der Waals surface area contributed by atoms with Crippen LogP contribution in [-0.2, 0) is 9.84 Å². The van der Waals surface area contributed by atoms with Crippen LogP contribution in [0.4, 0.5) is 0 Å². The minimum atomic E-state index is -3.64. The van der Waals surface area contributed by atoms with Gasteiger partial charge in [0.05, 0.1) is 0 Å². The SMILES string of the molecule is CCCC/C(=C/C=C(/Cl)S(=O)(=O)c1ccccc1)[Se]c1ccccc1. The van der Waals surface area contributed by atoms with Crippen LogP contribution in [0.25, 0.3) is 0 Å². The van der Waals surface area contributed by atoms with Crippen LogP contribution < -0.4 is 4.46 Å². The molecule has 2 rings (SSSR count). The summed E-state index contributed by atoms with van der Waals surface area (Å²) in [5.41, 5.74) is 0. The third kappa shape index (κ3) is 6.16. The zero-order chi connectivity index (χ0) is 18.1. The maximum atomic E-state index is 12.5. The summed E-state index contributed by atoms with van der Waals surface area (Å²) in [5, 5.41) is 0. The molecule has 2 aromatic rings. The summed E-state index contributed by atoms with van der Waals surface area (Å²) in [7, 11) is -3.64. The van der Waals surface area contributed by atoms with Crippen molar-refractivity contribution in [2.75, 3.05) is 0 Å². The van der Waals surface area contributed by atoms with Crippen LogP contribution in [0.1, 0.15) is 26.2 Å². The van der Waals surface area contributed by atoms with Gasteiger partial charge in [-0.3, -0.25) is 0 Å². The molecule has 0 radical (unpaired) electrons. The first kappa shape index (κ1) is 20.0. The Balaban J connectivity index is 2.24. The molecular formula is C20H21ClO2SSe. The summed E-state index contributed by atoms with van der Waals surface area (Å²) in [6.07, 6.45) is 6.54. The third-order valence-electron chi connectivity index (χ3n) is 3.48. The Morgan fingerprint density at radius 1 is 1.00 bits per heavy atom. The van der Waals surface area contributed by atoms with Gasteiger partial charge in [-0.25, -0.2) is 0 Å². The number of hydrogen-bond acceptors (Lipinski definition) is 2. The van der Waals surface area contributed by atoms with Crippen LogP contribution in [-0.4, -0.2) is 23.4 Å². The molecule has 0 saturated carbocycles. The van der Waals surface area contributed by atoms with Crippen molar-refractivity contribution in [2.24, 2.45) is 0 Å². The van der Waals surface area contributed by atoms with Crippen molar-refractivity contribution in [2.45, 2.75) is 31.1 Å². The van der Waals surface area contributed by atoms with Crippen molar-refractivity contribution in [1.82, 2.24) is 0 Å². The molecule has 0 aliphatic carbocycles. The van der Waals surface area contributed by atoms with Crippen molar-refractivity contribution in [3.05, 3.63) is 81.7 Å². The fourth-order valence-electron chi connectivity index (χ4n) is 2.12. The molecule has 0 amide bonds. The standard InChI is InChI=1S/C20H21ClO2SSe/c1-2-3-12-19(25-18-13-8-5-9-14-18)15-16-20(21)24(22,23)17-10-6-4-7-11-17/h4-11,13-16H,2-3,12H2,1H3/b19-15-,20-16-. The van der Waals surface area contributed by atoms with E-state index in [0.717, 1.165) is 19.3 Å². The van der Waals surface area contributed by atoms with Gasteiger partial charge in [0.15, 0.2) is 0 Å². The second-order valence-electron chi connectivity index (χ2n) is 5.44. The Hall–Kier alpha value is -1.32. The average Bonchev–Trinajstić information content (AvgIpc) is 2.65. The van der Waals surface area contributed by atoms with E-state index in [4.69, 9.17) is 11.6 Å². The minimum absolute atomic E-state index is 0.142. The Labute approximate surface area is 161 Å². The summed E-state index contributed by atoms with van der Waals surface area (Å²) in [5.74, 6) is 0. The number of unbranched alkanes of at least 4 members (excludes halogenated alkanes) is 1. The van der Waals surface area contributed by atoms with Crippen molar-refractivity contribution >= 4 is 40.9 Å². The molecule has 25 heavy (non-hydrogen) atoms. The van der Waals surface area contributed by atoms with E-state index in [2.05, 4.69) is 19.1 Å². The molecule has 132 valence electrons. The van der Waals surface area contributed by atoms with Gasteiger partial charge in [-0.2, -0.15) is 0 Å². The monoisotopic (exact) mass is 440 g/mol. The molecule has 0 heterocycles. The second kappa shape index (κ2) is 9.98. The van der Waals surface area contributed by atoms with Crippen LogP contribution >= 0.6 is 11.6 Å². The molecule has 2 nitrogen and oxygen atoms in total. The summed E-state index contributed by atoms with van der Waals surface area (Å²) in [6, 6.07) is 18.5. The van der Waals surface area contributed by atoms with E-state index >= 15 is 0 Å². The summed E-state index contributed by atoms with van der Waals surface area (Å²) in [6.45, 7) is 2.15. The van der Waals surface area contributed by atoms with Gasteiger partial charge in [-0.05, 0) is 0 Å². The van der Waals surface area contributed by atoms with Crippen molar-refractivity contribution < 1.29 is 8.42 Å². The number of benzene rings is 2. The van der Waals surface area contributed by atoms with E-state index in [9.17, 15) is 8.42 Å². The molecule has 0 fully saturated rings. The van der Waals surface area contributed by atoms with E-state index < -0.39 is 9.84 Å². The van der Waals surface area contributed by atoms with Gasteiger partial charge in [0, 0.05) is 0 Å². The molecule has 0 aliphatic heterocycles. The molecular weight excluding hydrogens is 419 g/mol. The Bertz CT molecular complexity index is 829. The first-order chi connectivity index (χ1) is 12.0. The second-order valence-corrected chi connectivity index (χ2v) is 10.5. The molecule has 0 spiro atoms. The summed E-state index contributed by atoms with van der Waals surface area (Å²) < 4.78 is 27.4. The van der Waals surface area contributed by atoms with E-state index in [-0.39, 0.29) is 24.2 Å². The molecule has 0 atom stereocenters. The van der Waals surface area contributed by atoms with Gasteiger partial charge < -0.3 is 0 Å². The van der Waals surface area contributed by atoms with Crippen LogP contribution in [0.3, 0.4) is 0 Å². The van der Waals surface area contributed by atoms with Gasteiger partial charge in [0.25, 0.3) is 0 Å². The normalized spacial score (nSPS) is 13.0. The predicted octanol–water partition coefficient (Wildman–Crippen LogP) is 4.64. The molecule has 0 bridgehead atoms. The van der Waals surface area contributed by atoms with Gasteiger partial charge >= 0.3 is 162 Å². The van der Waals surface area contributed by atoms with Crippen molar-refractivity contribution in [1.29, 1.82) is 0 Å². The molecule has 2 aromatic carbocycles. The van der Waals surface area contributed by atoms with E-state index in [0.29, 0.717) is 0 Å². The predicted molar refractivity (Wildman–Crippen MR) is 107 cm³/mol. The molecule has 0 aliphatic rings.